The topological polar surface area (TPSA) is 81.1 Å². The van der Waals surface area contributed by atoms with Gasteiger partial charge in [0.15, 0.2) is 5.03 Å². The lowest BCUT2D eigenvalue weighted by Gasteiger charge is -2.05. The molecule has 0 aliphatic carbocycles. The highest BCUT2D eigenvalue weighted by Gasteiger charge is 2.16. The highest BCUT2D eigenvalue weighted by molar-refractivity contribution is 7.92. The highest BCUT2D eigenvalue weighted by atomic mass is 32.2. The highest BCUT2D eigenvalue weighted by Crippen LogP contribution is 2.15. The molecule has 0 radical (unpaired) electrons. The van der Waals surface area contributed by atoms with E-state index >= 15 is 0 Å². The van der Waals surface area contributed by atoms with Gasteiger partial charge in [-0.3, -0.25) is 9.52 Å². The van der Waals surface area contributed by atoms with Gasteiger partial charge in [0.1, 0.15) is 6.29 Å². The molecule has 6 nitrogen and oxygen atoms in total. The zero-order valence-corrected chi connectivity index (χ0v) is 10.4. The minimum absolute atomic E-state index is 0.0680. The molecule has 0 aliphatic rings. The van der Waals surface area contributed by atoms with Crippen LogP contribution in [0.3, 0.4) is 0 Å². The maximum Gasteiger partial charge on any atom is 0.280 e. The number of hydrogen-bond acceptors (Lipinski definition) is 4. The van der Waals surface area contributed by atoms with Crippen LogP contribution in [0.2, 0.25) is 0 Å². The summed E-state index contributed by atoms with van der Waals surface area (Å²) in [5, 5.41) is -0.0680. The van der Waals surface area contributed by atoms with E-state index in [4.69, 9.17) is 0 Å². The van der Waals surface area contributed by atoms with Gasteiger partial charge in [-0.25, -0.2) is 4.98 Å². The third kappa shape index (κ3) is 2.57. The Bertz CT molecular complexity index is 676. The van der Waals surface area contributed by atoms with Crippen molar-refractivity contribution < 1.29 is 13.2 Å². The molecular weight excluding hydrogens is 254 g/mol. The second-order valence-corrected chi connectivity index (χ2v) is 5.36. The maximum atomic E-state index is 11.9. The molecule has 0 aliphatic heterocycles. The van der Waals surface area contributed by atoms with E-state index in [0.29, 0.717) is 17.5 Å². The van der Waals surface area contributed by atoms with Gasteiger partial charge in [0.2, 0.25) is 0 Å². The standard InChI is InChI=1S/C11H11N3O3S/c1-14-6-11(12-8-14)18(16,17)13-10-4-2-3-9(5-10)7-15/h2-8,13H,1H3. The minimum Gasteiger partial charge on any atom is -0.339 e. The van der Waals surface area contributed by atoms with E-state index in [1.807, 2.05) is 0 Å². The number of aromatic nitrogens is 2. The van der Waals surface area contributed by atoms with E-state index in [1.165, 1.54) is 23.2 Å². The van der Waals surface area contributed by atoms with Crippen LogP contribution >= 0.6 is 0 Å². The summed E-state index contributed by atoms with van der Waals surface area (Å²) in [4.78, 5) is 14.4. The summed E-state index contributed by atoms with van der Waals surface area (Å²) >= 11 is 0. The van der Waals surface area contributed by atoms with E-state index in [-0.39, 0.29) is 5.03 Å². The summed E-state index contributed by atoms with van der Waals surface area (Å²) in [6, 6.07) is 6.20. The molecule has 1 aromatic carbocycles. The fourth-order valence-electron chi connectivity index (χ4n) is 1.41. The molecule has 7 heteroatoms. The predicted molar refractivity (Wildman–Crippen MR) is 65.8 cm³/mol. The molecule has 1 N–H and O–H groups in total. The van der Waals surface area contributed by atoms with Crippen LogP contribution < -0.4 is 4.72 Å². The molecule has 0 bridgehead atoms. The van der Waals surface area contributed by atoms with Crippen molar-refractivity contribution in [1.29, 1.82) is 0 Å². The molecule has 0 saturated heterocycles. The van der Waals surface area contributed by atoms with Crippen molar-refractivity contribution in [3.05, 3.63) is 42.4 Å². The van der Waals surface area contributed by atoms with Crippen molar-refractivity contribution in [2.45, 2.75) is 5.03 Å². The lowest BCUT2D eigenvalue weighted by molar-refractivity contribution is 0.112. The zero-order chi connectivity index (χ0) is 13.2. The maximum absolute atomic E-state index is 11.9. The zero-order valence-electron chi connectivity index (χ0n) is 9.57. The summed E-state index contributed by atoms with van der Waals surface area (Å²) in [6.45, 7) is 0. The van der Waals surface area contributed by atoms with E-state index in [1.54, 1.807) is 25.2 Å². The summed E-state index contributed by atoms with van der Waals surface area (Å²) in [6.07, 6.45) is 3.45. The molecule has 0 fully saturated rings. The molecule has 94 valence electrons. The molecule has 0 saturated carbocycles. The number of aldehydes is 1. The number of aryl methyl sites for hydroxylation is 1. The van der Waals surface area contributed by atoms with Crippen molar-refractivity contribution in [3.63, 3.8) is 0 Å². The van der Waals surface area contributed by atoms with Crippen LogP contribution in [0.4, 0.5) is 5.69 Å². The Morgan fingerprint density at radius 1 is 1.39 bits per heavy atom. The number of benzene rings is 1. The van der Waals surface area contributed by atoms with Crippen molar-refractivity contribution >= 4 is 22.0 Å². The number of sulfonamides is 1. The van der Waals surface area contributed by atoms with Gasteiger partial charge in [0, 0.05) is 24.5 Å². The Balaban J connectivity index is 2.30. The number of carbonyl (C=O) groups is 1. The third-order valence-corrected chi connectivity index (χ3v) is 3.50. The Hall–Kier alpha value is -2.15. The fraction of sp³-hybridized carbons (Fsp3) is 0.0909. The Morgan fingerprint density at radius 3 is 2.78 bits per heavy atom. The average Bonchev–Trinajstić information content (AvgIpc) is 2.76. The lowest BCUT2D eigenvalue weighted by Crippen LogP contribution is -2.13. The predicted octanol–water partition coefficient (Wildman–Crippen LogP) is 1.03. The molecular formula is C11H11N3O3S. The van der Waals surface area contributed by atoms with Crippen LogP contribution in [0.1, 0.15) is 10.4 Å². The molecule has 0 spiro atoms. The largest absolute Gasteiger partial charge is 0.339 e. The molecule has 1 aromatic heterocycles. The van der Waals surface area contributed by atoms with Gasteiger partial charge in [0.25, 0.3) is 10.0 Å². The van der Waals surface area contributed by atoms with Crippen LogP contribution in [0.25, 0.3) is 0 Å². The minimum atomic E-state index is -3.72. The lowest BCUT2D eigenvalue weighted by atomic mass is 10.2. The number of rotatable bonds is 4. The van der Waals surface area contributed by atoms with Crippen LogP contribution in [0.5, 0.6) is 0 Å². The molecule has 2 aromatic rings. The smallest absolute Gasteiger partial charge is 0.280 e. The third-order valence-electron chi connectivity index (χ3n) is 2.23. The van der Waals surface area contributed by atoms with E-state index in [2.05, 4.69) is 9.71 Å². The number of imidazole rings is 1. The molecule has 2 rings (SSSR count). The Morgan fingerprint density at radius 2 is 2.17 bits per heavy atom. The fourth-order valence-corrected chi connectivity index (χ4v) is 2.44. The second kappa shape index (κ2) is 4.61. The average molecular weight is 265 g/mol. The van der Waals surface area contributed by atoms with E-state index < -0.39 is 10.0 Å². The van der Waals surface area contributed by atoms with Crippen LogP contribution in [0, 0.1) is 0 Å². The van der Waals surface area contributed by atoms with Gasteiger partial charge in [-0.2, -0.15) is 8.42 Å². The summed E-state index contributed by atoms with van der Waals surface area (Å²) < 4.78 is 27.8. The number of hydrogen-bond donors (Lipinski definition) is 1. The molecule has 0 atom stereocenters. The first-order valence-corrected chi connectivity index (χ1v) is 6.55. The Kier molecular flexibility index (Phi) is 3.15. The summed E-state index contributed by atoms with van der Waals surface area (Å²) in [7, 11) is -2.04. The molecule has 1 heterocycles. The first-order valence-electron chi connectivity index (χ1n) is 5.07. The van der Waals surface area contributed by atoms with Crippen molar-refractivity contribution in [1.82, 2.24) is 9.55 Å². The van der Waals surface area contributed by atoms with Crippen molar-refractivity contribution in [2.75, 3.05) is 4.72 Å². The van der Waals surface area contributed by atoms with Gasteiger partial charge < -0.3 is 4.57 Å². The quantitative estimate of drug-likeness (QED) is 0.837. The molecule has 18 heavy (non-hydrogen) atoms. The number of nitrogens with zero attached hydrogens (tertiary/aromatic N) is 2. The van der Waals surface area contributed by atoms with Gasteiger partial charge >= 0.3 is 0 Å². The van der Waals surface area contributed by atoms with Crippen molar-refractivity contribution in [2.24, 2.45) is 7.05 Å². The normalized spacial score (nSPS) is 11.2. The SMILES string of the molecule is Cn1cnc(S(=O)(=O)Nc2cccc(C=O)c2)c1. The number of anilines is 1. The van der Waals surface area contributed by atoms with Crippen LogP contribution in [-0.4, -0.2) is 24.3 Å². The number of nitrogens with one attached hydrogen (secondary N) is 1. The van der Waals surface area contributed by atoms with Crippen LogP contribution in [0.15, 0.2) is 41.8 Å². The van der Waals surface area contributed by atoms with Gasteiger partial charge in [-0.15, -0.1) is 0 Å². The second-order valence-electron chi connectivity index (χ2n) is 3.73. The molecule has 0 unspecified atom stereocenters. The Labute approximate surface area is 104 Å². The van der Waals surface area contributed by atoms with Gasteiger partial charge in [-0.05, 0) is 12.1 Å². The van der Waals surface area contributed by atoms with E-state index in [9.17, 15) is 13.2 Å². The summed E-state index contributed by atoms with van der Waals surface area (Å²) in [5.74, 6) is 0. The summed E-state index contributed by atoms with van der Waals surface area (Å²) in [5.41, 5.74) is 0.724. The van der Waals surface area contributed by atoms with E-state index in [0.717, 1.165) is 0 Å². The first kappa shape index (κ1) is 12.3. The monoisotopic (exact) mass is 265 g/mol. The molecule has 0 amide bonds. The van der Waals surface area contributed by atoms with Gasteiger partial charge in [0.05, 0.1) is 6.33 Å². The van der Waals surface area contributed by atoms with Gasteiger partial charge in [-0.1, -0.05) is 12.1 Å². The van der Waals surface area contributed by atoms with Crippen LogP contribution in [-0.2, 0) is 17.1 Å². The number of carbonyl (C=O) groups excluding carboxylic acids is 1. The first-order chi connectivity index (χ1) is 8.51. The van der Waals surface area contributed by atoms with Crippen molar-refractivity contribution in [3.8, 4) is 0 Å².